The summed E-state index contributed by atoms with van der Waals surface area (Å²) in [4.78, 5) is 22.7. The van der Waals surface area contributed by atoms with Gasteiger partial charge < -0.3 is 26.2 Å². The SMILES string of the molecule is CCCCCCCCCCCCCCCCCC(O)C(COP(=O)(O)OCCN)NC(=O)CC(O)CCCCCCCCCCCC. The van der Waals surface area contributed by atoms with Crippen LogP contribution in [0.5, 0.6) is 0 Å². The third-order valence-electron chi connectivity index (χ3n) is 9.02. The number of hydrogen-bond donors (Lipinski definition) is 5. The van der Waals surface area contributed by atoms with Gasteiger partial charge in [-0.05, 0) is 12.8 Å². The van der Waals surface area contributed by atoms with E-state index in [1.165, 1.54) is 122 Å². The highest BCUT2D eigenvalue weighted by Crippen LogP contribution is 2.43. The number of unbranched alkanes of at least 4 members (excludes halogenated alkanes) is 23. The van der Waals surface area contributed by atoms with Gasteiger partial charge in [0.2, 0.25) is 5.91 Å². The largest absolute Gasteiger partial charge is 0.472 e. The fourth-order valence-corrected chi connectivity index (χ4v) is 6.76. The van der Waals surface area contributed by atoms with E-state index in [4.69, 9.17) is 14.8 Å². The molecule has 4 atom stereocenters. The molecular weight excluding hydrogens is 615 g/mol. The smallest absolute Gasteiger partial charge is 0.393 e. The first-order valence-corrected chi connectivity index (χ1v) is 21.2. The molecule has 0 saturated carbocycles. The molecule has 282 valence electrons. The van der Waals surface area contributed by atoms with Crippen LogP contribution < -0.4 is 11.1 Å². The lowest BCUT2D eigenvalue weighted by Crippen LogP contribution is -2.47. The Morgan fingerprint density at radius 1 is 0.638 bits per heavy atom. The van der Waals surface area contributed by atoms with Crippen LogP contribution in [-0.4, -0.2) is 59.0 Å². The molecule has 0 radical (unpaired) electrons. The van der Waals surface area contributed by atoms with Crippen LogP contribution in [0.1, 0.15) is 194 Å². The minimum absolute atomic E-state index is 0.0623. The lowest BCUT2D eigenvalue weighted by molar-refractivity contribution is -0.125. The molecule has 0 spiro atoms. The summed E-state index contributed by atoms with van der Waals surface area (Å²) in [6, 6.07) is -0.888. The van der Waals surface area contributed by atoms with Crippen molar-refractivity contribution in [1.29, 1.82) is 0 Å². The van der Waals surface area contributed by atoms with Crippen molar-refractivity contribution in [2.45, 2.75) is 212 Å². The summed E-state index contributed by atoms with van der Waals surface area (Å²) in [6.07, 6.45) is 30.0. The van der Waals surface area contributed by atoms with Crippen molar-refractivity contribution in [3.8, 4) is 0 Å². The summed E-state index contributed by atoms with van der Waals surface area (Å²) in [7, 11) is -4.36. The Balaban J connectivity index is 4.32. The third-order valence-corrected chi connectivity index (χ3v) is 10.00. The molecule has 0 aliphatic heterocycles. The number of carbonyl (C=O) groups excluding carboxylic acids is 1. The van der Waals surface area contributed by atoms with Gasteiger partial charge in [-0.1, -0.05) is 174 Å². The van der Waals surface area contributed by atoms with Gasteiger partial charge in [0.15, 0.2) is 0 Å². The van der Waals surface area contributed by atoms with E-state index in [9.17, 15) is 24.5 Å². The number of aliphatic hydroxyl groups excluding tert-OH is 2. The van der Waals surface area contributed by atoms with E-state index in [2.05, 4.69) is 19.2 Å². The summed E-state index contributed by atoms with van der Waals surface area (Å²) in [5.74, 6) is -0.413. The van der Waals surface area contributed by atoms with Crippen molar-refractivity contribution >= 4 is 13.7 Å². The lowest BCUT2D eigenvalue weighted by Gasteiger charge is -2.25. The fraction of sp³-hybridized carbons (Fsp3) is 0.973. The van der Waals surface area contributed by atoms with Crippen molar-refractivity contribution in [2.24, 2.45) is 5.73 Å². The van der Waals surface area contributed by atoms with E-state index < -0.39 is 32.0 Å². The third kappa shape index (κ3) is 32.4. The van der Waals surface area contributed by atoms with Crippen LogP contribution in [0.4, 0.5) is 0 Å². The van der Waals surface area contributed by atoms with E-state index >= 15 is 0 Å². The maximum atomic E-state index is 12.7. The van der Waals surface area contributed by atoms with Crippen molar-refractivity contribution in [1.82, 2.24) is 5.32 Å². The number of hydrogen-bond acceptors (Lipinski definition) is 7. The first-order chi connectivity index (χ1) is 22.8. The van der Waals surface area contributed by atoms with Crippen LogP contribution in [0.3, 0.4) is 0 Å². The Hall–Kier alpha value is -0.540. The van der Waals surface area contributed by atoms with E-state index in [1.807, 2.05) is 0 Å². The first-order valence-electron chi connectivity index (χ1n) is 19.7. The number of nitrogens with one attached hydrogen (secondary N) is 1. The van der Waals surface area contributed by atoms with Crippen LogP contribution in [-0.2, 0) is 18.4 Å². The van der Waals surface area contributed by atoms with Gasteiger partial charge >= 0.3 is 7.82 Å². The Morgan fingerprint density at radius 3 is 1.43 bits per heavy atom. The molecule has 1 amide bonds. The van der Waals surface area contributed by atoms with Gasteiger partial charge in [-0.15, -0.1) is 0 Å². The zero-order chi connectivity index (χ0) is 34.9. The number of aliphatic hydroxyl groups is 2. The van der Waals surface area contributed by atoms with Crippen molar-refractivity contribution in [2.75, 3.05) is 19.8 Å². The zero-order valence-electron chi connectivity index (χ0n) is 30.7. The molecule has 9 nitrogen and oxygen atoms in total. The molecular formula is C37H77N2O7P. The summed E-state index contributed by atoms with van der Waals surface area (Å²) in [5.41, 5.74) is 5.35. The summed E-state index contributed by atoms with van der Waals surface area (Å²) in [5, 5.41) is 24.0. The average Bonchev–Trinajstić information content (AvgIpc) is 3.04. The van der Waals surface area contributed by atoms with Crippen molar-refractivity contribution < 1.29 is 33.5 Å². The Morgan fingerprint density at radius 2 is 1.02 bits per heavy atom. The molecule has 0 aromatic rings. The highest BCUT2D eigenvalue weighted by molar-refractivity contribution is 7.47. The molecule has 0 aromatic carbocycles. The van der Waals surface area contributed by atoms with E-state index in [0.717, 1.165) is 38.5 Å². The molecule has 4 unspecified atom stereocenters. The standard InChI is InChI=1S/C37H77N2O7P/c1-3-5-7-9-11-13-15-16-17-18-19-21-23-25-27-29-36(41)35(33-46-47(43,44)45-31-30-38)39-37(42)32-34(40)28-26-24-22-20-14-12-10-8-6-4-2/h34-36,40-41H,3-33,38H2,1-2H3,(H,39,42)(H,43,44). The second-order valence-electron chi connectivity index (χ2n) is 13.7. The molecule has 0 rings (SSSR count). The maximum absolute atomic E-state index is 12.7. The number of amides is 1. The van der Waals surface area contributed by atoms with Crippen molar-refractivity contribution in [3.05, 3.63) is 0 Å². The highest BCUT2D eigenvalue weighted by atomic mass is 31.2. The van der Waals surface area contributed by atoms with Crippen molar-refractivity contribution in [3.63, 3.8) is 0 Å². The second kappa shape index (κ2) is 33.9. The number of phosphoric acid groups is 1. The monoisotopic (exact) mass is 693 g/mol. The van der Waals surface area contributed by atoms with Gasteiger partial charge in [0, 0.05) is 6.54 Å². The number of phosphoric ester groups is 1. The van der Waals surface area contributed by atoms with Crippen LogP contribution in [0.25, 0.3) is 0 Å². The molecule has 0 aliphatic carbocycles. The van der Waals surface area contributed by atoms with Gasteiger partial charge in [0.25, 0.3) is 0 Å². The van der Waals surface area contributed by atoms with Gasteiger partial charge in [0.05, 0.1) is 37.9 Å². The predicted molar refractivity (Wildman–Crippen MR) is 195 cm³/mol. The molecule has 0 aromatic heterocycles. The molecule has 10 heteroatoms. The minimum Gasteiger partial charge on any atom is -0.393 e. The second-order valence-corrected chi connectivity index (χ2v) is 15.1. The molecule has 47 heavy (non-hydrogen) atoms. The van der Waals surface area contributed by atoms with Gasteiger partial charge in [0.1, 0.15) is 0 Å². The fourth-order valence-electron chi connectivity index (χ4n) is 6.00. The quantitative estimate of drug-likeness (QED) is 0.0319. The Kier molecular flexibility index (Phi) is 33.5. The Labute approximate surface area is 289 Å². The summed E-state index contributed by atoms with van der Waals surface area (Å²) < 4.78 is 22.0. The van der Waals surface area contributed by atoms with Crippen LogP contribution in [0, 0.1) is 0 Å². The molecule has 6 N–H and O–H groups in total. The highest BCUT2D eigenvalue weighted by Gasteiger charge is 2.28. The average molecular weight is 693 g/mol. The number of rotatable bonds is 37. The summed E-state index contributed by atoms with van der Waals surface area (Å²) >= 11 is 0. The van der Waals surface area contributed by atoms with E-state index in [-0.39, 0.29) is 26.2 Å². The normalized spacial score (nSPS) is 14.9. The Bertz CT molecular complexity index is 731. The molecule has 0 fully saturated rings. The van der Waals surface area contributed by atoms with Gasteiger partial charge in [-0.2, -0.15) is 0 Å². The van der Waals surface area contributed by atoms with Gasteiger partial charge in [-0.25, -0.2) is 4.57 Å². The maximum Gasteiger partial charge on any atom is 0.472 e. The van der Waals surface area contributed by atoms with Gasteiger partial charge in [-0.3, -0.25) is 13.8 Å². The number of carbonyl (C=O) groups is 1. The van der Waals surface area contributed by atoms with E-state index in [1.54, 1.807) is 0 Å². The summed E-state index contributed by atoms with van der Waals surface area (Å²) in [6.45, 7) is 4.03. The van der Waals surface area contributed by atoms with E-state index in [0.29, 0.717) is 12.8 Å². The molecule has 0 saturated heterocycles. The zero-order valence-corrected chi connectivity index (χ0v) is 31.5. The lowest BCUT2D eigenvalue weighted by atomic mass is 10.0. The van der Waals surface area contributed by atoms with Crippen LogP contribution in [0.2, 0.25) is 0 Å². The minimum atomic E-state index is -4.36. The first kappa shape index (κ1) is 46.5. The number of nitrogens with two attached hydrogens (primary N) is 1. The molecule has 0 bridgehead atoms. The van der Waals surface area contributed by atoms with Crippen LogP contribution >= 0.6 is 7.82 Å². The predicted octanol–water partition coefficient (Wildman–Crippen LogP) is 9.25. The molecule has 0 heterocycles. The van der Waals surface area contributed by atoms with Crippen LogP contribution in [0.15, 0.2) is 0 Å². The molecule has 0 aliphatic rings. The topological polar surface area (TPSA) is 151 Å².